The van der Waals surface area contributed by atoms with Gasteiger partial charge in [-0.1, -0.05) is 0 Å². The number of halogens is 6. The highest BCUT2D eigenvalue weighted by Gasteiger charge is 2.33. The van der Waals surface area contributed by atoms with Crippen molar-refractivity contribution in [3.05, 3.63) is 46.9 Å². The molecule has 0 aliphatic rings. The van der Waals surface area contributed by atoms with Crippen LogP contribution >= 0.6 is 11.8 Å². The van der Waals surface area contributed by atoms with Crippen LogP contribution in [0.4, 0.5) is 26.3 Å². The van der Waals surface area contributed by atoms with E-state index in [1.165, 1.54) is 24.4 Å². The van der Waals surface area contributed by atoms with Crippen molar-refractivity contribution in [3.63, 3.8) is 0 Å². The average Bonchev–Trinajstić information content (AvgIpc) is 3.00. The highest BCUT2D eigenvalue weighted by atomic mass is 32.2. The minimum atomic E-state index is -4.70. The fourth-order valence-corrected chi connectivity index (χ4v) is 2.86. The van der Waals surface area contributed by atoms with Crippen molar-refractivity contribution in [1.29, 1.82) is 0 Å². The van der Waals surface area contributed by atoms with E-state index >= 15 is 0 Å². The standard InChI is InChI=1S/C15H9F6N3O2S/c16-14(17,18)7-26-9-3-1-8(2-4-9)24-12(25)10-5-6-22-11(10)23-13(24)27-15(19,20)21/h1-6,22H,7H2. The fourth-order valence-electron chi connectivity index (χ4n) is 2.23. The van der Waals surface area contributed by atoms with Gasteiger partial charge in [-0.15, -0.1) is 0 Å². The SMILES string of the molecule is O=c1c2cc[nH]c2nc(SC(F)(F)F)n1-c1ccc(OCC(F)(F)F)cc1. The molecule has 3 aromatic rings. The first-order chi connectivity index (χ1) is 12.5. The molecule has 1 aromatic carbocycles. The first-order valence-corrected chi connectivity index (χ1v) is 8.01. The van der Waals surface area contributed by atoms with Gasteiger partial charge in [-0.25, -0.2) is 4.98 Å². The van der Waals surface area contributed by atoms with E-state index in [9.17, 15) is 31.1 Å². The van der Waals surface area contributed by atoms with Crippen molar-refractivity contribution in [2.24, 2.45) is 0 Å². The number of aromatic nitrogens is 3. The Morgan fingerprint density at radius 1 is 1.07 bits per heavy atom. The summed E-state index contributed by atoms with van der Waals surface area (Å²) in [5.74, 6) is -0.148. The fraction of sp³-hybridized carbons (Fsp3) is 0.200. The average molecular weight is 409 g/mol. The Morgan fingerprint density at radius 3 is 2.33 bits per heavy atom. The van der Waals surface area contributed by atoms with Crippen molar-refractivity contribution in [3.8, 4) is 11.4 Å². The van der Waals surface area contributed by atoms with E-state index in [1.54, 1.807) is 0 Å². The number of nitrogens with one attached hydrogen (secondary N) is 1. The van der Waals surface area contributed by atoms with Crippen LogP contribution in [-0.4, -0.2) is 32.8 Å². The summed E-state index contributed by atoms with van der Waals surface area (Å²) in [6, 6.07) is 5.96. The van der Waals surface area contributed by atoms with Gasteiger partial charge in [-0.2, -0.15) is 26.3 Å². The van der Waals surface area contributed by atoms with Crippen LogP contribution in [0.25, 0.3) is 16.7 Å². The number of rotatable bonds is 4. The van der Waals surface area contributed by atoms with E-state index < -0.39 is 40.8 Å². The van der Waals surface area contributed by atoms with Crippen molar-refractivity contribution in [1.82, 2.24) is 14.5 Å². The summed E-state index contributed by atoms with van der Waals surface area (Å²) in [7, 11) is 0. The molecule has 1 N–H and O–H groups in total. The number of ether oxygens (including phenoxy) is 1. The number of hydrogen-bond acceptors (Lipinski definition) is 4. The molecule has 3 rings (SSSR count). The van der Waals surface area contributed by atoms with Gasteiger partial charge < -0.3 is 9.72 Å². The highest BCUT2D eigenvalue weighted by Crippen LogP contribution is 2.36. The molecule has 2 heterocycles. The molecule has 0 bridgehead atoms. The Bertz CT molecular complexity index is 1010. The molecular weight excluding hydrogens is 400 g/mol. The predicted octanol–water partition coefficient (Wildman–Crippen LogP) is 4.27. The summed E-state index contributed by atoms with van der Waals surface area (Å²) >= 11 is -0.576. The largest absolute Gasteiger partial charge is 0.484 e. The molecule has 0 spiro atoms. The van der Waals surface area contributed by atoms with Gasteiger partial charge in [0, 0.05) is 18.0 Å². The first kappa shape index (κ1) is 19.1. The molecule has 0 amide bonds. The molecule has 0 fully saturated rings. The van der Waals surface area contributed by atoms with Crippen molar-refractivity contribution in [2.75, 3.05) is 6.61 Å². The summed E-state index contributed by atoms with van der Waals surface area (Å²) in [4.78, 5) is 19.0. The zero-order valence-corrected chi connectivity index (χ0v) is 13.9. The third-order valence-corrected chi connectivity index (χ3v) is 3.95. The molecule has 12 heteroatoms. The predicted molar refractivity (Wildman–Crippen MR) is 85.2 cm³/mol. The minimum Gasteiger partial charge on any atom is -0.484 e. The number of H-pyrrole nitrogens is 1. The van der Waals surface area contributed by atoms with Crippen LogP contribution in [0.3, 0.4) is 0 Å². The van der Waals surface area contributed by atoms with Crippen molar-refractivity contribution < 1.29 is 31.1 Å². The Kier molecular flexibility index (Phi) is 4.84. The van der Waals surface area contributed by atoms with Gasteiger partial charge in [0.2, 0.25) is 0 Å². The van der Waals surface area contributed by atoms with Gasteiger partial charge in [0.05, 0.1) is 11.1 Å². The molecule has 0 atom stereocenters. The van der Waals surface area contributed by atoms with Gasteiger partial charge in [0.15, 0.2) is 11.8 Å². The summed E-state index contributed by atoms with van der Waals surface area (Å²) in [5, 5.41) is -0.565. The molecule has 0 aliphatic heterocycles. The molecule has 2 aromatic heterocycles. The third-order valence-electron chi connectivity index (χ3n) is 3.26. The van der Waals surface area contributed by atoms with Crippen LogP contribution in [0.15, 0.2) is 46.5 Å². The maximum absolute atomic E-state index is 12.8. The van der Waals surface area contributed by atoms with Crippen LogP contribution in [0.1, 0.15) is 0 Å². The molecular formula is C15H9F6N3O2S. The second-order valence-electron chi connectivity index (χ2n) is 5.22. The van der Waals surface area contributed by atoms with E-state index in [1.807, 2.05) is 0 Å². The van der Waals surface area contributed by atoms with Crippen molar-refractivity contribution >= 4 is 22.8 Å². The van der Waals surface area contributed by atoms with Gasteiger partial charge in [0.25, 0.3) is 5.56 Å². The minimum absolute atomic E-state index is 0.00158. The summed E-state index contributed by atoms with van der Waals surface area (Å²) in [6.45, 7) is -1.52. The lowest BCUT2D eigenvalue weighted by Crippen LogP contribution is -2.22. The van der Waals surface area contributed by atoms with Crippen LogP contribution in [0.2, 0.25) is 0 Å². The number of aromatic amines is 1. The van der Waals surface area contributed by atoms with Crippen LogP contribution in [-0.2, 0) is 0 Å². The second kappa shape index (κ2) is 6.83. The lowest BCUT2D eigenvalue weighted by Gasteiger charge is -2.14. The topological polar surface area (TPSA) is 59.9 Å². The maximum Gasteiger partial charge on any atom is 0.449 e. The van der Waals surface area contributed by atoms with E-state index in [-0.39, 0.29) is 22.5 Å². The molecule has 0 aliphatic carbocycles. The molecule has 27 heavy (non-hydrogen) atoms. The first-order valence-electron chi connectivity index (χ1n) is 7.19. The highest BCUT2D eigenvalue weighted by molar-refractivity contribution is 8.00. The molecule has 144 valence electrons. The number of thioether (sulfide) groups is 1. The summed E-state index contributed by atoms with van der Waals surface area (Å²) < 4.78 is 80.3. The van der Waals surface area contributed by atoms with Crippen LogP contribution in [0.5, 0.6) is 5.75 Å². The quantitative estimate of drug-likeness (QED) is 0.397. The number of benzene rings is 1. The molecule has 0 radical (unpaired) electrons. The molecule has 5 nitrogen and oxygen atoms in total. The smallest absolute Gasteiger partial charge is 0.449 e. The Labute approximate surface area is 151 Å². The van der Waals surface area contributed by atoms with Gasteiger partial charge in [-0.3, -0.25) is 9.36 Å². The summed E-state index contributed by atoms with van der Waals surface area (Å²) in [6.07, 6.45) is -3.17. The zero-order valence-electron chi connectivity index (χ0n) is 13.1. The molecule has 0 saturated carbocycles. The Balaban J connectivity index is 2.03. The number of nitrogens with zero attached hydrogens (tertiary/aromatic N) is 2. The number of alkyl halides is 6. The van der Waals surface area contributed by atoms with Crippen LogP contribution < -0.4 is 10.3 Å². The number of hydrogen-bond donors (Lipinski definition) is 1. The second-order valence-corrected chi connectivity index (χ2v) is 6.25. The maximum atomic E-state index is 12.8. The van der Waals surface area contributed by atoms with Gasteiger partial charge >= 0.3 is 11.7 Å². The van der Waals surface area contributed by atoms with E-state index in [0.29, 0.717) is 0 Å². The Morgan fingerprint density at radius 2 is 1.74 bits per heavy atom. The van der Waals surface area contributed by atoms with E-state index in [4.69, 9.17) is 0 Å². The van der Waals surface area contributed by atoms with Gasteiger partial charge in [-0.05, 0) is 30.3 Å². The molecule has 0 unspecified atom stereocenters. The van der Waals surface area contributed by atoms with Gasteiger partial charge in [0.1, 0.15) is 11.4 Å². The van der Waals surface area contributed by atoms with E-state index in [2.05, 4.69) is 14.7 Å². The third kappa shape index (κ3) is 4.56. The lowest BCUT2D eigenvalue weighted by atomic mass is 10.3. The lowest BCUT2D eigenvalue weighted by molar-refractivity contribution is -0.153. The Hall–Kier alpha value is -2.63. The molecule has 0 saturated heterocycles. The normalized spacial score (nSPS) is 12.5. The zero-order chi connectivity index (χ0) is 19.8. The number of fused-ring (bicyclic) bond motifs is 1. The van der Waals surface area contributed by atoms with E-state index in [0.717, 1.165) is 16.7 Å². The monoisotopic (exact) mass is 409 g/mol. The summed E-state index contributed by atoms with van der Waals surface area (Å²) in [5.41, 5.74) is -5.45. The van der Waals surface area contributed by atoms with Crippen LogP contribution in [0, 0.1) is 0 Å². The van der Waals surface area contributed by atoms with Crippen molar-refractivity contribution in [2.45, 2.75) is 16.8 Å².